The Morgan fingerprint density at radius 3 is 2.57 bits per heavy atom. The van der Waals surface area contributed by atoms with Gasteiger partial charge >= 0.3 is 0 Å². The Bertz CT molecular complexity index is 277. The van der Waals surface area contributed by atoms with Crippen LogP contribution in [0.25, 0.3) is 0 Å². The smallest absolute Gasteiger partial charge is 0.212 e. The van der Waals surface area contributed by atoms with Crippen molar-refractivity contribution >= 4 is 21.6 Å². The molecule has 1 heterocycles. The predicted octanol–water partition coefficient (Wildman–Crippen LogP) is 1.68. The molecule has 0 bridgehead atoms. The van der Waals surface area contributed by atoms with Crippen LogP contribution < -0.4 is 0 Å². The van der Waals surface area contributed by atoms with Gasteiger partial charge in [-0.2, -0.15) is 0 Å². The maximum atomic E-state index is 11.8. The maximum absolute atomic E-state index is 11.8. The summed E-state index contributed by atoms with van der Waals surface area (Å²) in [7, 11) is -3.04. The van der Waals surface area contributed by atoms with E-state index in [-0.39, 0.29) is 11.1 Å². The average molecular weight is 240 g/mol. The summed E-state index contributed by atoms with van der Waals surface area (Å²) in [5.41, 5.74) is 0. The summed E-state index contributed by atoms with van der Waals surface area (Å²) in [6.07, 6.45) is 1.51. The van der Waals surface area contributed by atoms with Gasteiger partial charge in [0, 0.05) is 18.5 Å². The third-order valence-corrected chi connectivity index (χ3v) is 4.67. The molecule has 0 aliphatic carbocycles. The molecule has 0 N–H and O–H groups in total. The van der Waals surface area contributed by atoms with Gasteiger partial charge in [-0.05, 0) is 18.8 Å². The van der Waals surface area contributed by atoms with Crippen molar-refractivity contribution in [3.8, 4) is 0 Å². The van der Waals surface area contributed by atoms with Crippen LogP contribution in [0.1, 0.15) is 26.7 Å². The maximum Gasteiger partial charge on any atom is 0.214 e. The third-order valence-electron chi connectivity index (χ3n) is 2.44. The van der Waals surface area contributed by atoms with Crippen LogP contribution in [0.2, 0.25) is 0 Å². The van der Waals surface area contributed by atoms with Crippen molar-refractivity contribution in [3.63, 3.8) is 0 Å². The molecular formula is C9H18ClNO2S. The predicted molar refractivity (Wildman–Crippen MR) is 59.1 cm³/mol. The fourth-order valence-electron chi connectivity index (χ4n) is 1.45. The van der Waals surface area contributed by atoms with Crippen molar-refractivity contribution in [1.82, 2.24) is 4.31 Å². The summed E-state index contributed by atoms with van der Waals surface area (Å²) >= 11 is 5.87. The average Bonchev–Trinajstić information content (AvgIpc) is 2.49. The first kappa shape index (κ1) is 12.3. The van der Waals surface area contributed by atoms with E-state index in [4.69, 9.17) is 11.6 Å². The first-order valence-electron chi connectivity index (χ1n) is 5.03. The molecule has 0 aromatic carbocycles. The lowest BCUT2D eigenvalue weighted by molar-refractivity contribution is 0.471. The van der Waals surface area contributed by atoms with E-state index in [9.17, 15) is 8.42 Å². The second-order valence-electron chi connectivity index (χ2n) is 4.24. The lowest BCUT2D eigenvalue weighted by atomic mass is 10.2. The summed E-state index contributed by atoms with van der Waals surface area (Å²) in [6, 6.07) is 0. The molecule has 1 unspecified atom stereocenters. The molecule has 0 spiro atoms. The number of alkyl halides is 1. The van der Waals surface area contributed by atoms with Crippen LogP contribution in [0.5, 0.6) is 0 Å². The minimum absolute atomic E-state index is 0.00354. The molecule has 1 atom stereocenters. The lowest BCUT2D eigenvalue weighted by Crippen LogP contribution is -2.31. The number of rotatable bonds is 4. The number of nitrogens with zero attached hydrogens (tertiary/aromatic N) is 1. The van der Waals surface area contributed by atoms with Gasteiger partial charge < -0.3 is 0 Å². The van der Waals surface area contributed by atoms with Gasteiger partial charge in [0.15, 0.2) is 0 Å². The Hall–Kier alpha value is 0.200. The molecule has 0 aromatic heterocycles. The monoisotopic (exact) mass is 239 g/mol. The Morgan fingerprint density at radius 2 is 2.14 bits per heavy atom. The standard InChI is InChI=1S/C9H18ClNO2S/c1-8(2)4-6-14(12,13)11-5-3-9(10)7-11/h8-9H,3-7H2,1-2H3. The number of hydrogen-bond donors (Lipinski definition) is 0. The minimum atomic E-state index is -3.04. The highest BCUT2D eigenvalue weighted by Gasteiger charge is 2.29. The minimum Gasteiger partial charge on any atom is -0.212 e. The Balaban J connectivity index is 2.49. The number of sulfonamides is 1. The molecule has 1 saturated heterocycles. The van der Waals surface area contributed by atoms with Crippen LogP contribution in [-0.2, 0) is 10.0 Å². The second-order valence-corrected chi connectivity index (χ2v) is 6.95. The zero-order chi connectivity index (χ0) is 10.8. The number of hydrogen-bond acceptors (Lipinski definition) is 2. The van der Waals surface area contributed by atoms with Gasteiger partial charge in [0.1, 0.15) is 0 Å². The molecule has 0 aromatic rings. The summed E-state index contributed by atoms with van der Waals surface area (Å²) < 4.78 is 25.0. The summed E-state index contributed by atoms with van der Waals surface area (Å²) in [6.45, 7) is 5.14. The second kappa shape index (κ2) is 4.81. The third kappa shape index (κ3) is 3.41. The quantitative estimate of drug-likeness (QED) is 0.700. The molecule has 0 amide bonds. The fourth-order valence-corrected chi connectivity index (χ4v) is 3.62. The van der Waals surface area contributed by atoms with E-state index in [0.29, 0.717) is 19.0 Å². The molecular weight excluding hydrogens is 222 g/mol. The van der Waals surface area contributed by atoms with Crippen LogP contribution in [0.15, 0.2) is 0 Å². The van der Waals surface area contributed by atoms with E-state index in [2.05, 4.69) is 0 Å². The summed E-state index contributed by atoms with van der Waals surface area (Å²) in [5.74, 6) is 0.688. The molecule has 1 aliphatic rings. The van der Waals surface area contributed by atoms with Crippen LogP contribution in [-0.4, -0.2) is 36.9 Å². The Kier molecular flexibility index (Phi) is 4.22. The van der Waals surface area contributed by atoms with Gasteiger partial charge in [0.25, 0.3) is 0 Å². The van der Waals surface area contributed by atoms with Crippen molar-refractivity contribution in [3.05, 3.63) is 0 Å². The Labute approximate surface area is 91.5 Å². The summed E-state index contributed by atoms with van der Waals surface area (Å²) in [4.78, 5) is 0. The molecule has 14 heavy (non-hydrogen) atoms. The molecule has 1 fully saturated rings. The first-order chi connectivity index (χ1) is 6.42. The topological polar surface area (TPSA) is 37.4 Å². The normalized spacial score (nSPS) is 24.7. The van der Waals surface area contributed by atoms with Gasteiger partial charge in [-0.25, -0.2) is 12.7 Å². The van der Waals surface area contributed by atoms with E-state index in [1.54, 1.807) is 0 Å². The van der Waals surface area contributed by atoms with Gasteiger partial charge in [-0.1, -0.05) is 13.8 Å². The van der Waals surface area contributed by atoms with Crippen LogP contribution >= 0.6 is 11.6 Å². The fraction of sp³-hybridized carbons (Fsp3) is 1.00. The largest absolute Gasteiger partial charge is 0.214 e. The van der Waals surface area contributed by atoms with Gasteiger partial charge in [-0.15, -0.1) is 11.6 Å². The lowest BCUT2D eigenvalue weighted by Gasteiger charge is -2.16. The zero-order valence-corrected chi connectivity index (χ0v) is 10.3. The van der Waals surface area contributed by atoms with E-state index in [1.807, 2.05) is 13.8 Å². The van der Waals surface area contributed by atoms with E-state index >= 15 is 0 Å². The molecule has 84 valence electrons. The van der Waals surface area contributed by atoms with E-state index in [0.717, 1.165) is 12.8 Å². The SMILES string of the molecule is CC(C)CCS(=O)(=O)N1CCC(Cl)C1. The van der Waals surface area contributed by atoms with Crippen molar-refractivity contribution in [2.45, 2.75) is 32.1 Å². The number of halogens is 1. The first-order valence-corrected chi connectivity index (χ1v) is 7.08. The van der Waals surface area contributed by atoms with E-state index < -0.39 is 10.0 Å². The molecule has 5 heteroatoms. The van der Waals surface area contributed by atoms with Crippen molar-refractivity contribution in [2.24, 2.45) is 5.92 Å². The molecule has 1 rings (SSSR count). The van der Waals surface area contributed by atoms with E-state index in [1.165, 1.54) is 4.31 Å². The van der Waals surface area contributed by atoms with Crippen LogP contribution in [0, 0.1) is 5.92 Å². The van der Waals surface area contributed by atoms with Crippen LogP contribution in [0.4, 0.5) is 0 Å². The van der Waals surface area contributed by atoms with Gasteiger partial charge in [0.05, 0.1) is 5.75 Å². The highest BCUT2D eigenvalue weighted by Crippen LogP contribution is 2.19. The van der Waals surface area contributed by atoms with Crippen molar-refractivity contribution < 1.29 is 8.42 Å². The van der Waals surface area contributed by atoms with Crippen LogP contribution in [0.3, 0.4) is 0 Å². The molecule has 3 nitrogen and oxygen atoms in total. The summed E-state index contributed by atoms with van der Waals surface area (Å²) in [5, 5.41) is 0.00354. The molecule has 0 saturated carbocycles. The Morgan fingerprint density at radius 1 is 1.50 bits per heavy atom. The molecule has 0 radical (unpaired) electrons. The van der Waals surface area contributed by atoms with Crippen molar-refractivity contribution in [1.29, 1.82) is 0 Å². The zero-order valence-electron chi connectivity index (χ0n) is 8.74. The van der Waals surface area contributed by atoms with Gasteiger partial charge in [-0.3, -0.25) is 0 Å². The molecule has 1 aliphatic heterocycles. The van der Waals surface area contributed by atoms with Crippen molar-refractivity contribution in [2.75, 3.05) is 18.8 Å². The van der Waals surface area contributed by atoms with Gasteiger partial charge in [0.2, 0.25) is 10.0 Å². The highest BCUT2D eigenvalue weighted by molar-refractivity contribution is 7.89. The highest BCUT2D eigenvalue weighted by atomic mass is 35.5.